The van der Waals surface area contributed by atoms with E-state index in [1.807, 2.05) is 29.1 Å². The average Bonchev–Trinajstić information content (AvgIpc) is 3.03. The Kier molecular flexibility index (Phi) is 9.33. The lowest BCUT2D eigenvalue weighted by molar-refractivity contribution is 0.202. The van der Waals surface area contributed by atoms with E-state index in [2.05, 4.69) is 45.6 Å². The van der Waals surface area contributed by atoms with Gasteiger partial charge in [0.05, 0.1) is 11.9 Å². The number of likely N-dealkylation sites (N-methyl/N-ethyl adjacent to an activating group) is 1. The molecule has 5 nitrogen and oxygen atoms in total. The summed E-state index contributed by atoms with van der Waals surface area (Å²) in [7, 11) is 2.18. The van der Waals surface area contributed by atoms with Crippen molar-refractivity contribution in [3.8, 4) is 5.69 Å². The zero-order chi connectivity index (χ0) is 15.2. The molecule has 24 heavy (non-hydrogen) atoms. The van der Waals surface area contributed by atoms with Gasteiger partial charge in [-0.2, -0.15) is 5.10 Å². The first kappa shape index (κ1) is 20.9. The summed E-state index contributed by atoms with van der Waals surface area (Å²) in [5, 5.41) is 7.85. The maximum atomic E-state index is 4.46. The van der Waals surface area contributed by atoms with E-state index in [9.17, 15) is 0 Å². The van der Waals surface area contributed by atoms with E-state index in [-0.39, 0.29) is 24.8 Å². The molecule has 0 atom stereocenters. The Bertz CT molecular complexity index is 569. The van der Waals surface area contributed by atoms with Crippen LogP contribution in [0.3, 0.4) is 0 Å². The third kappa shape index (κ3) is 6.07. The highest BCUT2D eigenvalue weighted by molar-refractivity contribution is 5.85. The predicted octanol–water partition coefficient (Wildman–Crippen LogP) is 2.05. The van der Waals surface area contributed by atoms with Crippen LogP contribution in [-0.4, -0.2) is 65.9 Å². The maximum Gasteiger partial charge on any atom is 0.0645 e. The number of para-hydroxylation sites is 1. The summed E-state index contributed by atoms with van der Waals surface area (Å²) in [5.74, 6) is 0. The van der Waals surface area contributed by atoms with E-state index in [1.54, 1.807) is 0 Å². The first-order chi connectivity index (χ1) is 10.8. The lowest BCUT2D eigenvalue weighted by Crippen LogP contribution is -2.45. The van der Waals surface area contributed by atoms with E-state index in [0.29, 0.717) is 0 Å². The van der Waals surface area contributed by atoms with Gasteiger partial charge in [-0.15, -0.1) is 24.8 Å². The van der Waals surface area contributed by atoms with Gasteiger partial charge in [0.15, 0.2) is 0 Å². The summed E-state index contributed by atoms with van der Waals surface area (Å²) in [6.07, 6.45) is 4.09. The monoisotopic (exact) mass is 371 g/mol. The lowest BCUT2D eigenvalue weighted by atomic mass is 10.3. The molecular formula is C17H27Cl2N5. The number of piperazine rings is 1. The largest absolute Gasteiger partial charge is 0.314 e. The first-order valence-electron chi connectivity index (χ1n) is 8.02. The van der Waals surface area contributed by atoms with E-state index < -0.39 is 0 Å². The van der Waals surface area contributed by atoms with Crippen LogP contribution in [0.5, 0.6) is 0 Å². The number of nitrogens with one attached hydrogen (secondary N) is 1. The quantitative estimate of drug-likeness (QED) is 0.842. The average molecular weight is 372 g/mol. The van der Waals surface area contributed by atoms with Crippen LogP contribution in [0.1, 0.15) is 5.56 Å². The molecule has 1 fully saturated rings. The minimum absolute atomic E-state index is 0. The molecule has 0 radical (unpaired) electrons. The SMILES string of the molecule is CN(CCN1CCNCC1)Cc1cnn(-c2ccccc2)c1.Cl.Cl. The molecule has 1 aromatic heterocycles. The van der Waals surface area contributed by atoms with Gasteiger partial charge in [-0.1, -0.05) is 18.2 Å². The summed E-state index contributed by atoms with van der Waals surface area (Å²) in [6.45, 7) is 7.75. The smallest absolute Gasteiger partial charge is 0.0645 e. The molecule has 134 valence electrons. The summed E-state index contributed by atoms with van der Waals surface area (Å²) in [6, 6.07) is 10.3. The van der Waals surface area contributed by atoms with E-state index in [1.165, 1.54) is 18.7 Å². The van der Waals surface area contributed by atoms with Crippen molar-refractivity contribution in [1.82, 2.24) is 24.9 Å². The third-order valence-electron chi connectivity index (χ3n) is 4.12. The fourth-order valence-electron chi connectivity index (χ4n) is 2.80. The Balaban J connectivity index is 0.00000144. The van der Waals surface area contributed by atoms with Crippen LogP contribution in [0, 0.1) is 0 Å². The molecule has 1 N–H and O–H groups in total. The number of hydrogen-bond donors (Lipinski definition) is 1. The molecule has 1 aliphatic heterocycles. The molecule has 0 spiro atoms. The number of aromatic nitrogens is 2. The number of rotatable bonds is 6. The molecule has 2 heterocycles. The normalized spacial score (nSPS) is 14.9. The van der Waals surface area contributed by atoms with Gasteiger partial charge in [0.25, 0.3) is 0 Å². The second-order valence-electron chi connectivity index (χ2n) is 5.96. The number of nitrogens with zero attached hydrogens (tertiary/aromatic N) is 4. The van der Waals surface area contributed by atoms with Crippen molar-refractivity contribution in [2.24, 2.45) is 0 Å². The minimum Gasteiger partial charge on any atom is -0.314 e. The molecule has 7 heteroatoms. The van der Waals surface area contributed by atoms with Crippen LogP contribution in [-0.2, 0) is 6.54 Å². The highest BCUT2D eigenvalue weighted by Gasteiger charge is 2.10. The van der Waals surface area contributed by atoms with Gasteiger partial charge in [0.1, 0.15) is 0 Å². The number of hydrogen-bond acceptors (Lipinski definition) is 4. The third-order valence-corrected chi connectivity index (χ3v) is 4.12. The molecule has 0 bridgehead atoms. The number of halogens is 2. The standard InChI is InChI=1S/C17H25N5.2ClH/c1-20(11-12-21-9-7-18-8-10-21)14-16-13-19-22(15-16)17-5-3-2-4-6-17;;/h2-6,13,15,18H,7-12,14H2,1H3;2*1H. The predicted molar refractivity (Wildman–Crippen MR) is 104 cm³/mol. The molecule has 1 aliphatic rings. The van der Waals surface area contributed by atoms with Crippen molar-refractivity contribution >= 4 is 24.8 Å². The van der Waals surface area contributed by atoms with Crippen LogP contribution in [0.4, 0.5) is 0 Å². The van der Waals surface area contributed by atoms with Crippen LogP contribution < -0.4 is 5.32 Å². The van der Waals surface area contributed by atoms with Gasteiger partial charge in [-0.3, -0.25) is 4.90 Å². The summed E-state index contributed by atoms with van der Waals surface area (Å²) < 4.78 is 1.94. The first-order valence-corrected chi connectivity index (χ1v) is 8.02. The fourth-order valence-corrected chi connectivity index (χ4v) is 2.80. The molecule has 0 aliphatic carbocycles. The van der Waals surface area contributed by atoms with Gasteiger partial charge in [-0.25, -0.2) is 4.68 Å². The fraction of sp³-hybridized carbons (Fsp3) is 0.471. The van der Waals surface area contributed by atoms with Crippen LogP contribution in [0.25, 0.3) is 5.69 Å². The van der Waals surface area contributed by atoms with Gasteiger partial charge >= 0.3 is 0 Å². The molecule has 1 aromatic carbocycles. The zero-order valence-electron chi connectivity index (χ0n) is 14.1. The molecule has 0 unspecified atom stereocenters. The lowest BCUT2D eigenvalue weighted by Gasteiger charge is -2.28. The topological polar surface area (TPSA) is 36.3 Å². The van der Waals surface area contributed by atoms with Crippen LogP contribution >= 0.6 is 24.8 Å². The van der Waals surface area contributed by atoms with E-state index in [4.69, 9.17) is 0 Å². The number of benzene rings is 1. The van der Waals surface area contributed by atoms with Crippen molar-refractivity contribution < 1.29 is 0 Å². The van der Waals surface area contributed by atoms with Crippen molar-refractivity contribution in [3.63, 3.8) is 0 Å². The zero-order valence-corrected chi connectivity index (χ0v) is 15.7. The van der Waals surface area contributed by atoms with E-state index in [0.717, 1.165) is 38.4 Å². The molecular weight excluding hydrogens is 345 g/mol. The van der Waals surface area contributed by atoms with Crippen molar-refractivity contribution in [2.75, 3.05) is 46.3 Å². The highest BCUT2D eigenvalue weighted by Crippen LogP contribution is 2.09. The van der Waals surface area contributed by atoms with Crippen LogP contribution in [0.2, 0.25) is 0 Å². The minimum atomic E-state index is 0. The highest BCUT2D eigenvalue weighted by atomic mass is 35.5. The summed E-state index contributed by atoms with van der Waals surface area (Å²) in [5.41, 5.74) is 2.36. The Labute approximate surface area is 156 Å². The molecule has 0 saturated carbocycles. The molecule has 0 amide bonds. The summed E-state index contributed by atoms with van der Waals surface area (Å²) >= 11 is 0. The molecule has 2 aromatic rings. The van der Waals surface area contributed by atoms with Gasteiger partial charge in [0, 0.05) is 57.6 Å². The van der Waals surface area contributed by atoms with Crippen molar-refractivity contribution in [1.29, 1.82) is 0 Å². The molecule has 3 rings (SSSR count). The Morgan fingerprint density at radius 3 is 2.54 bits per heavy atom. The Hall–Kier alpha value is -1.11. The van der Waals surface area contributed by atoms with Gasteiger partial charge in [-0.05, 0) is 19.2 Å². The van der Waals surface area contributed by atoms with Crippen molar-refractivity contribution in [2.45, 2.75) is 6.54 Å². The second kappa shape index (κ2) is 10.7. The van der Waals surface area contributed by atoms with E-state index >= 15 is 0 Å². The molecule has 1 saturated heterocycles. The Morgan fingerprint density at radius 2 is 1.83 bits per heavy atom. The van der Waals surface area contributed by atoms with Gasteiger partial charge < -0.3 is 10.2 Å². The maximum absolute atomic E-state index is 4.46. The Morgan fingerprint density at radius 1 is 1.12 bits per heavy atom. The van der Waals surface area contributed by atoms with Gasteiger partial charge in [0.2, 0.25) is 0 Å². The van der Waals surface area contributed by atoms with Crippen LogP contribution in [0.15, 0.2) is 42.7 Å². The summed E-state index contributed by atoms with van der Waals surface area (Å²) in [4.78, 5) is 4.90. The second-order valence-corrected chi connectivity index (χ2v) is 5.96. The van der Waals surface area contributed by atoms with Crippen molar-refractivity contribution in [3.05, 3.63) is 48.3 Å².